The van der Waals surface area contributed by atoms with Crippen molar-refractivity contribution in [3.8, 4) is 0 Å². The van der Waals surface area contributed by atoms with Crippen LogP contribution in [0.25, 0.3) is 10.9 Å². The molecule has 1 aromatic heterocycles. The SMILES string of the molecule is Cc1ccc2c(c1)cc(Cc1ccccc1)c(=O)n2C. The molecule has 0 saturated carbocycles. The van der Waals surface area contributed by atoms with Crippen molar-refractivity contribution in [3.63, 3.8) is 0 Å². The molecule has 0 saturated heterocycles. The van der Waals surface area contributed by atoms with Crippen molar-refractivity contribution < 1.29 is 0 Å². The minimum Gasteiger partial charge on any atom is -0.311 e. The van der Waals surface area contributed by atoms with Gasteiger partial charge < -0.3 is 4.57 Å². The van der Waals surface area contributed by atoms with E-state index in [4.69, 9.17) is 0 Å². The summed E-state index contributed by atoms with van der Waals surface area (Å²) in [5.41, 5.74) is 4.29. The van der Waals surface area contributed by atoms with Crippen LogP contribution in [0.1, 0.15) is 16.7 Å². The third-order valence-corrected chi connectivity index (χ3v) is 3.69. The number of rotatable bonds is 2. The van der Waals surface area contributed by atoms with Crippen LogP contribution in [0.2, 0.25) is 0 Å². The molecule has 0 amide bonds. The summed E-state index contributed by atoms with van der Waals surface area (Å²) in [5, 5.41) is 1.12. The lowest BCUT2D eigenvalue weighted by Gasteiger charge is -2.09. The van der Waals surface area contributed by atoms with E-state index in [0.717, 1.165) is 22.0 Å². The first kappa shape index (κ1) is 12.7. The van der Waals surface area contributed by atoms with Gasteiger partial charge in [0.1, 0.15) is 0 Å². The zero-order valence-corrected chi connectivity index (χ0v) is 11.8. The van der Waals surface area contributed by atoms with Gasteiger partial charge in [0.15, 0.2) is 0 Å². The Bertz CT molecular complexity index is 816. The number of benzene rings is 2. The minimum absolute atomic E-state index is 0.0882. The number of fused-ring (bicyclic) bond motifs is 1. The van der Waals surface area contributed by atoms with E-state index in [0.29, 0.717) is 6.42 Å². The van der Waals surface area contributed by atoms with Gasteiger partial charge in [-0.2, -0.15) is 0 Å². The molecule has 2 nitrogen and oxygen atoms in total. The molecule has 0 aliphatic rings. The Morgan fingerprint density at radius 1 is 1.00 bits per heavy atom. The number of aryl methyl sites for hydroxylation is 2. The van der Waals surface area contributed by atoms with Gasteiger partial charge >= 0.3 is 0 Å². The van der Waals surface area contributed by atoms with Crippen molar-refractivity contribution in [1.82, 2.24) is 4.57 Å². The molecule has 0 bridgehead atoms. The average molecular weight is 263 g/mol. The maximum Gasteiger partial charge on any atom is 0.254 e. The summed E-state index contributed by atoms with van der Waals surface area (Å²) >= 11 is 0. The zero-order valence-electron chi connectivity index (χ0n) is 11.8. The molecule has 3 rings (SSSR count). The van der Waals surface area contributed by atoms with Crippen LogP contribution < -0.4 is 5.56 Å². The number of hydrogen-bond donors (Lipinski definition) is 0. The largest absolute Gasteiger partial charge is 0.311 e. The summed E-state index contributed by atoms with van der Waals surface area (Å²) in [6.07, 6.45) is 0.678. The molecular weight excluding hydrogens is 246 g/mol. The molecule has 0 unspecified atom stereocenters. The molecule has 0 N–H and O–H groups in total. The van der Waals surface area contributed by atoms with E-state index in [2.05, 4.69) is 25.1 Å². The maximum atomic E-state index is 12.4. The predicted octanol–water partition coefficient (Wildman–Crippen LogP) is 3.44. The molecule has 0 aliphatic heterocycles. The highest BCUT2D eigenvalue weighted by atomic mass is 16.1. The van der Waals surface area contributed by atoms with E-state index < -0.39 is 0 Å². The first-order valence-electron chi connectivity index (χ1n) is 6.78. The Morgan fingerprint density at radius 2 is 1.75 bits per heavy atom. The van der Waals surface area contributed by atoms with Crippen LogP contribution in [0.3, 0.4) is 0 Å². The van der Waals surface area contributed by atoms with Gasteiger partial charge in [0.2, 0.25) is 0 Å². The minimum atomic E-state index is 0.0882. The van der Waals surface area contributed by atoms with Crippen molar-refractivity contribution in [2.75, 3.05) is 0 Å². The summed E-state index contributed by atoms with van der Waals surface area (Å²) in [6, 6.07) is 18.3. The third-order valence-electron chi connectivity index (χ3n) is 3.69. The van der Waals surface area contributed by atoms with E-state index in [1.807, 2.05) is 43.4 Å². The molecule has 0 aliphatic carbocycles. The molecule has 100 valence electrons. The monoisotopic (exact) mass is 263 g/mol. The van der Waals surface area contributed by atoms with Crippen LogP contribution in [0.5, 0.6) is 0 Å². The molecule has 2 heteroatoms. The van der Waals surface area contributed by atoms with Gasteiger partial charge in [-0.3, -0.25) is 4.79 Å². The molecule has 1 heterocycles. The lowest BCUT2D eigenvalue weighted by atomic mass is 10.0. The fraction of sp³-hybridized carbons (Fsp3) is 0.167. The van der Waals surface area contributed by atoms with E-state index in [1.165, 1.54) is 5.56 Å². The summed E-state index contributed by atoms with van der Waals surface area (Å²) in [4.78, 5) is 12.4. The van der Waals surface area contributed by atoms with Crippen LogP contribution in [0, 0.1) is 6.92 Å². The number of aromatic nitrogens is 1. The Hall–Kier alpha value is -2.35. The number of nitrogens with zero attached hydrogens (tertiary/aromatic N) is 1. The highest BCUT2D eigenvalue weighted by Crippen LogP contribution is 2.16. The number of hydrogen-bond acceptors (Lipinski definition) is 1. The van der Waals surface area contributed by atoms with E-state index in [1.54, 1.807) is 4.57 Å². The van der Waals surface area contributed by atoms with Gasteiger partial charge in [0.25, 0.3) is 5.56 Å². The van der Waals surface area contributed by atoms with E-state index in [9.17, 15) is 4.79 Å². The molecule has 3 aromatic rings. The topological polar surface area (TPSA) is 22.0 Å². The zero-order chi connectivity index (χ0) is 14.1. The van der Waals surface area contributed by atoms with Crippen molar-refractivity contribution in [2.45, 2.75) is 13.3 Å². The summed E-state index contributed by atoms with van der Waals surface area (Å²) in [7, 11) is 1.84. The maximum absolute atomic E-state index is 12.4. The highest BCUT2D eigenvalue weighted by molar-refractivity contribution is 5.80. The smallest absolute Gasteiger partial charge is 0.254 e. The van der Waals surface area contributed by atoms with Crippen molar-refractivity contribution in [1.29, 1.82) is 0 Å². The lowest BCUT2D eigenvalue weighted by Crippen LogP contribution is -2.21. The normalized spacial score (nSPS) is 10.9. The lowest BCUT2D eigenvalue weighted by molar-refractivity contribution is 0.882. The summed E-state index contributed by atoms with van der Waals surface area (Å²) in [5.74, 6) is 0. The second-order valence-corrected chi connectivity index (χ2v) is 5.26. The Balaban J connectivity index is 2.16. The van der Waals surface area contributed by atoms with Gasteiger partial charge in [-0.1, -0.05) is 42.0 Å². The second kappa shape index (κ2) is 4.97. The number of pyridine rings is 1. The van der Waals surface area contributed by atoms with Gasteiger partial charge in [0, 0.05) is 19.0 Å². The Morgan fingerprint density at radius 3 is 2.50 bits per heavy atom. The first-order chi connectivity index (χ1) is 9.65. The molecule has 0 radical (unpaired) electrons. The van der Waals surface area contributed by atoms with Crippen LogP contribution in [-0.4, -0.2) is 4.57 Å². The Kier molecular flexibility index (Phi) is 3.15. The Labute approximate surface area is 118 Å². The van der Waals surface area contributed by atoms with Gasteiger partial charge in [-0.25, -0.2) is 0 Å². The fourth-order valence-electron chi connectivity index (χ4n) is 2.61. The molecule has 20 heavy (non-hydrogen) atoms. The molecular formula is C18H17NO. The van der Waals surface area contributed by atoms with Gasteiger partial charge in [-0.05, 0) is 36.1 Å². The molecule has 0 fully saturated rings. The van der Waals surface area contributed by atoms with E-state index >= 15 is 0 Å². The average Bonchev–Trinajstić information content (AvgIpc) is 2.45. The summed E-state index contributed by atoms with van der Waals surface area (Å²) < 4.78 is 1.74. The highest BCUT2D eigenvalue weighted by Gasteiger charge is 2.07. The predicted molar refractivity (Wildman–Crippen MR) is 83.2 cm³/mol. The van der Waals surface area contributed by atoms with Crippen LogP contribution in [-0.2, 0) is 13.5 Å². The quantitative estimate of drug-likeness (QED) is 0.694. The second-order valence-electron chi connectivity index (χ2n) is 5.26. The van der Waals surface area contributed by atoms with Gasteiger partial charge in [0.05, 0.1) is 5.52 Å². The van der Waals surface area contributed by atoms with Crippen LogP contribution in [0.4, 0.5) is 0 Å². The van der Waals surface area contributed by atoms with Crippen molar-refractivity contribution >= 4 is 10.9 Å². The molecule has 0 spiro atoms. The van der Waals surface area contributed by atoms with Crippen molar-refractivity contribution in [3.05, 3.63) is 81.6 Å². The third kappa shape index (κ3) is 2.25. The van der Waals surface area contributed by atoms with Crippen LogP contribution >= 0.6 is 0 Å². The standard InChI is InChI=1S/C18H17NO/c1-13-8-9-17-15(10-13)12-16(18(20)19(17)2)11-14-6-4-3-5-7-14/h3-10,12H,11H2,1-2H3. The van der Waals surface area contributed by atoms with Gasteiger partial charge in [-0.15, -0.1) is 0 Å². The van der Waals surface area contributed by atoms with Crippen LogP contribution in [0.15, 0.2) is 59.4 Å². The first-order valence-corrected chi connectivity index (χ1v) is 6.78. The van der Waals surface area contributed by atoms with E-state index in [-0.39, 0.29) is 5.56 Å². The molecule has 0 atom stereocenters. The molecule has 2 aromatic carbocycles. The van der Waals surface area contributed by atoms with Crippen molar-refractivity contribution in [2.24, 2.45) is 7.05 Å². The fourth-order valence-corrected chi connectivity index (χ4v) is 2.61. The summed E-state index contributed by atoms with van der Waals surface area (Å²) in [6.45, 7) is 2.07.